The van der Waals surface area contributed by atoms with E-state index in [4.69, 9.17) is 0 Å². The summed E-state index contributed by atoms with van der Waals surface area (Å²) in [4.78, 5) is 40.7. The second kappa shape index (κ2) is 7.59. The Morgan fingerprint density at radius 1 is 1.03 bits per heavy atom. The number of Topliss-reactive ketones (excluding diaryl/α,β-unsaturated/α-hetero) is 1. The highest BCUT2D eigenvalue weighted by atomic mass is 16.6. The van der Waals surface area contributed by atoms with Crippen LogP contribution in [0.5, 0.6) is 5.75 Å². The van der Waals surface area contributed by atoms with E-state index in [-0.39, 0.29) is 28.7 Å². The molecule has 0 unspecified atom stereocenters. The first-order chi connectivity index (χ1) is 14.5. The van der Waals surface area contributed by atoms with E-state index in [1.54, 1.807) is 42.5 Å². The molecular weight excluding hydrogens is 386 g/mol. The van der Waals surface area contributed by atoms with Gasteiger partial charge in [0.15, 0.2) is 11.4 Å². The highest BCUT2D eigenvalue weighted by Gasteiger charge is 2.23. The summed E-state index contributed by atoms with van der Waals surface area (Å²) in [6.45, 7) is 0. The van der Waals surface area contributed by atoms with Crippen LogP contribution in [-0.4, -0.2) is 25.4 Å². The number of aromatic hydroxyl groups is 1. The maximum Gasteiger partial charge on any atom is 0.271 e. The molecule has 8 heteroatoms. The first kappa shape index (κ1) is 19.0. The van der Waals surface area contributed by atoms with E-state index in [0.717, 1.165) is 0 Å². The number of nitro groups is 1. The number of hydrogen-bond donors (Lipinski definition) is 1. The standard InChI is InChI=1S/C22H15N3O5/c26-18(13-14-8-10-16(11-9-14)25(29)30)19-20(27)17-7-4-12-23-21(17)24(22(19)28)15-5-2-1-3-6-15/h1-12,27H,13H2. The monoisotopic (exact) mass is 401 g/mol. The van der Waals surface area contributed by atoms with Crippen molar-refractivity contribution < 1.29 is 14.8 Å². The molecule has 4 rings (SSSR count). The average Bonchev–Trinajstić information content (AvgIpc) is 2.75. The molecule has 30 heavy (non-hydrogen) atoms. The van der Waals surface area contributed by atoms with Crippen LogP contribution in [0.15, 0.2) is 77.7 Å². The summed E-state index contributed by atoms with van der Waals surface area (Å²) in [5.74, 6) is -1.02. The predicted octanol–water partition coefficient (Wildman–Crippen LogP) is 3.42. The predicted molar refractivity (Wildman–Crippen MR) is 110 cm³/mol. The minimum Gasteiger partial charge on any atom is -0.506 e. The van der Waals surface area contributed by atoms with Gasteiger partial charge in [0.25, 0.3) is 11.2 Å². The Morgan fingerprint density at radius 3 is 2.40 bits per heavy atom. The van der Waals surface area contributed by atoms with Crippen molar-refractivity contribution in [3.63, 3.8) is 0 Å². The van der Waals surface area contributed by atoms with Crippen molar-refractivity contribution in [3.05, 3.63) is 105 Å². The number of rotatable bonds is 5. The Hall–Kier alpha value is -4.33. The maximum absolute atomic E-state index is 13.2. The van der Waals surface area contributed by atoms with Gasteiger partial charge in [0.05, 0.1) is 16.0 Å². The van der Waals surface area contributed by atoms with Crippen molar-refractivity contribution in [1.29, 1.82) is 0 Å². The van der Waals surface area contributed by atoms with Gasteiger partial charge in [0, 0.05) is 24.8 Å². The second-order valence-corrected chi connectivity index (χ2v) is 6.60. The molecule has 4 aromatic rings. The highest BCUT2D eigenvalue weighted by Crippen LogP contribution is 2.27. The molecule has 0 spiro atoms. The lowest BCUT2D eigenvalue weighted by atomic mass is 10.0. The quantitative estimate of drug-likeness (QED) is 0.311. The molecule has 2 aromatic heterocycles. The van der Waals surface area contributed by atoms with Crippen LogP contribution >= 0.6 is 0 Å². The fourth-order valence-electron chi connectivity index (χ4n) is 3.28. The van der Waals surface area contributed by atoms with Crippen LogP contribution in [0.3, 0.4) is 0 Å². The first-order valence-electron chi connectivity index (χ1n) is 9.02. The van der Waals surface area contributed by atoms with Crippen LogP contribution in [0.25, 0.3) is 16.7 Å². The van der Waals surface area contributed by atoms with Crippen molar-refractivity contribution in [2.24, 2.45) is 0 Å². The van der Waals surface area contributed by atoms with Crippen LogP contribution in [0.1, 0.15) is 15.9 Å². The molecule has 0 saturated carbocycles. The van der Waals surface area contributed by atoms with E-state index in [2.05, 4.69) is 4.98 Å². The number of fused-ring (bicyclic) bond motifs is 1. The molecule has 0 aliphatic carbocycles. The number of aromatic nitrogens is 2. The fraction of sp³-hybridized carbons (Fsp3) is 0.0455. The summed E-state index contributed by atoms with van der Waals surface area (Å²) in [7, 11) is 0. The summed E-state index contributed by atoms with van der Waals surface area (Å²) in [5.41, 5.74) is 0.0994. The molecule has 0 amide bonds. The zero-order valence-electron chi connectivity index (χ0n) is 15.6. The van der Waals surface area contributed by atoms with Crippen LogP contribution in [0.4, 0.5) is 5.69 Å². The number of non-ortho nitro benzene ring substituents is 1. The highest BCUT2D eigenvalue weighted by molar-refractivity contribution is 6.04. The van der Waals surface area contributed by atoms with Gasteiger partial charge in [-0.25, -0.2) is 4.98 Å². The summed E-state index contributed by atoms with van der Waals surface area (Å²) in [6, 6.07) is 17.4. The zero-order chi connectivity index (χ0) is 21.3. The van der Waals surface area contributed by atoms with E-state index in [1.165, 1.54) is 35.0 Å². The number of hydrogen-bond acceptors (Lipinski definition) is 6. The van der Waals surface area contributed by atoms with Crippen molar-refractivity contribution in [2.45, 2.75) is 6.42 Å². The molecule has 0 saturated heterocycles. The van der Waals surface area contributed by atoms with E-state index < -0.39 is 22.0 Å². The van der Waals surface area contributed by atoms with Gasteiger partial charge in [-0.15, -0.1) is 0 Å². The maximum atomic E-state index is 13.2. The van der Waals surface area contributed by atoms with Crippen molar-refractivity contribution in [2.75, 3.05) is 0 Å². The van der Waals surface area contributed by atoms with Gasteiger partial charge in [0.2, 0.25) is 0 Å². The van der Waals surface area contributed by atoms with Crippen molar-refractivity contribution in [1.82, 2.24) is 9.55 Å². The molecule has 2 aromatic carbocycles. The molecule has 0 fully saturated rings. The molecule has 0 aliphatic heterocycles. The van der Waals surface area contributed by atoms with Crippen LogP contribution in [0.2, 0.25) is 0 Å². The fourth-order valence-corrected chi connectivity index (χ4v) is 3.28. The smallest absolute Gasteiger partial charge is 0.271 e. The third-order valence-corrected chi connectivity index (χ3v) is 4.71. The molecular formula is C22H15N3O5. The molecule has 0 bridgehead atoms. The number of ketones is 1. The van der Waals surface area contributed by atoms with Gasteiger partial charge in [-0.05, 0) is 29.8 Å². The van der Waals surface area contributed by atoms with E-state index in [1.807, 2.05) is 0 Å². The largest absolute Gasteiger partial charge is 0.506 e. The lowest BCUT2D eigenvalue weighted by Crippen LogP contribution is -2.27. The summed E-state index contributed by atoms with van der Waals surface area (Å²) in [6.07, 6.45) is 1.31. The van der Waals surface area contributed by atoms with Gasteiger partial charge >= 0.3 is 0 Å². The van der Waals surface area contributed by atoms with Gasteiger partial charge in [-0.2, -0.15) is 0 Å². The molecule has 8 nitrogen and oxygen atoms in total. The average molecular weight is 401 g/mol. The number of nitrogens with zero attached hydrogens (tertiary/aromatic N) is 3. The number of pyridine rings is 2. The van der Waals surface area contributed by atoms with Gasteiger partial charge in [-0.3, -0.25) is 24.3 Å². The normalized spacial score (nSPS) is 10.8. The van der Waals surface area contributed by atoms with E-state index in [9.17, 15) is 24.8 Å². The number of nitro benzene ring substituents is 1. The van der Waals surface area contributed by atoms with Gasteiger partial charge in [-0.1, -0.05) is 30.3 Å². The van der Waals surface area contributed by atoms with Gasteiger partial charge < -0.3 is 5.11 Å². The Labute approximate surface area is 169 Å². The van der Waals surface area contributed by atoms with Crippen LogP contribution < -0.4 is 5.56 Å². The zero-order valence-corrected chi connectivity index (χ0v) is 15.6. The summed E-state index contributed by atoms with van der Waals surface area (Å²) in [5, 5.41) is 21.8. The molecule has 0 atom stereocenters. The minimum atomic E-state index is -0.684. The lowest BCUT2D eigenvalue weighted by molar-refractivity contribution is -0.384. The Bertz CT molecular complexity index is 1330. The van der Waals surface area contributed by atoms with Crippen LogP contribution in [0, 0.1) is 10.1 Å². The number of benzene rings is 2. The Morgan fingerprint density at radius 2 is 1.73 bits per heavy atom. The third kappa shape index (κ3) is 3.30. The van der Waals surface area contributed by atoms with E-state index >= 15 is 0 Å². The van der Waals surface area contributed by atoms with Crippen molar-refractivity contribution in [3.8, 4) is 11.4 Å². The summed E-state index contributed by atoms with van der Waals surface area (Å²) >= 11 is 0. The summed E-state index contributed by atoms with van der Waals surface area (Å²) < 4.78 is 1.29. The second-order valence-electron chi connectivity index (χ2n) is 6.60. The number of para-hydroxylation sites is 1. The third-order valence-electron chi connectivity index (χ3n) is 4.71. The Kier molecular flexibility index (Phi) is 4.81. The molecule has 2 heterocycles. The molecule has 148 valence electrons. The number of carbonyl (C=O) groups excluding carboxylic acids is 1. The van der Waals surface area contributed by atoms with Crippen LogP contribution in [-0.2, 0) is 6.42 Å². The van der Waals surface area contributed by atoms with Gasteiger partial charge in [0.1, 0.15) is 11.3 Å². The van der Waals surface area contributed by atoms with E-state index in [0.29, 0.717) is 11.3 Å². The molecule has 0 radical (unpaired) electrons. The number of carbonyl (C=O) groups is 1. The minimum absolute atomic E-state index is 0.0998. The molecule has 0 aliphatic rings. The lowest BCUT2D eigenvalue weighted by Gasteiger charge is -2.13. The first-order valence-corrected chi connectivity index (χ1v) is 9.02. The van der Waals surface area contributed by atoms with Crippen molar-refractivity contribution >= 4 is 22.5 Å². The Balaban J connectivity index is 1.85. The SMILES string of the molecule is O=C(Cc1ccc([N+](=O)[O-])cc1)c1c(O)c2cccnc2n(-c2ccccc2)c1=O. The molecule has 1 N–H and O–H groups in total. The topological polar surface area (TPSA) is 115 Å².